The number of halogens is 1. The predicted molar refractivity (Wildman–Crippen MR) is 99.2 cm³/mol. The second kappa shape index (κ2) is 6.50. The lowest BCUT2D eigenvalue weighted by atomic mass is 9.83. The number of aromatic hydroxyl groups is 1. The van der Waals surface area contributed by atoms with Gasteiger partial charge in [0.15, 0.2) is 11.5 Å². The smallest absolute Gasteiger partial charge is 0.250 e. The highest BCUT2D eigenvalue weighted by atomic mass is 79.9. The highest BCUT2D eigenvalue weighted by molar-refractivity contribution is 9.10. The second-order valence-corrected chi connectivity index (χ2v) is 7.92. The van der Waals surface area contributed by atoms with Gasteiger partial charge >= 0.3 is 0 Å². The third-order valence-electron chi connectivity index (χ3n) is 5.29. The fourth-order valence-corrected chi connectivity index (χ4v) is 4.75. The fraction of sp³-hybridized carbons (Fsp3) is 0.421. The van der Waals surface area contributed by atoms with Crippen LogP contribution in [0, 0.1) is 5.92 Å². The van der Waals surface area contributed by atoms with Crippen LogP contribution < -0.4 is 10.3 Å². The molecule has 3 heterocycles. The number of pyridine rings is 1. The molecule has 1 N–H and O–H groups in total. The van der Waals surface area contributed by atoms with Crippen molar-refractivity contribution in [3.63, 3.8) is 0 Å². The van der Waals surface area contributed by atoms with Crippen LogP contribution in [0.5, 0.6) is 11.5 Å². The number of aromatic nitrogens is 1. The first kappa shape index (κ1) is 16.7. The lowest BCUT2D eigenvalue weighted by Crippen LogP contribution is -2.46. The Balaban J connectivity index is 1.59. The first-order valence-electron chi connectivity index (χ1n) is 8.52. The SMILES string of the molecule is COc1cc(Br)cc(CN2CC3CC(C2)c2cccc(=O)n2C3)c1O. The predicted octanol–water partition coefficient (Wildman–Crippen LogP) is 2.94. The Morgan fingerprint density at radius 2 is 2.12 bits per heavy atom. The standard InChI is InChI=1S/C19H21BrN2O3/c1-25-17-7-15(20)6-14(19(17)24)11-21-8-12-5-13(10-21)16-3-2-4-18(23)22(16)9-12/h2-4,6-7,12-13,24H,5,8-11H2,1H3. The molecule has 132 valence electrons. The van der Waals surface area contributed by atoms with E-state index in [2.05, 4.69) is 26.9 Å². The van der Waals surface area contributed by atoms with Crippen LogP contribution in [0.1, 0.15) is 23.6 Å². The van der Waals surface area contributed by atoms with Gasteiger partial charge in [-0.1, -0.05) is 22.0 Å². The summed E-state index contributed by atoms with van der Waals surface area (Å²) in [4.78, 5) is 14.5. The first-order valence-corrected chi connectivity index (χ1v) is 9.32. The topological polar surface area (TPSA) is 54.7 Å². The molecule has 0 amide bonds. The number of nitrogens with zero attached hydrogens (tertiary/aromatic N) is 2. The summed E-state index contributed by atoms with van der Waals surface area (Å²) in [6.45, 7) is 3.29. The van der Waals surface area contributed by atoms with E-state index < -0.39 is 0 Å². The number of rotatable bonds is 3. The number of fused-ring (bicyclic) bond motifs is 4. The average molecular weight is 405 g/mol. The number of methoxy groups -OCH3 is 1. The van der Waals surface area contributed by atoms with Gasteiger partial charge in [0.2, 0.25) is 0 Å². The van der Waals surface area contributed by atoms with Crippen molar-refractivity contribution < 1.29 is 9.84 Å². The van der Waals surface area contributed by atoms with E-state index in [1.807, 2.05) is 16.7 Å². The molecule has 0 radical (unpaired) electrons. The van der Waals surface area contributed by atoms with E-state index in [4.69, 9.17) is 4.74 Å². The summed E-state index contributed by atoms with van der Waals surface area (Å²) in [6.07, 6.45) is 1.13. The van der Waals surface area contributed by atoms with Crippen LogP contribution in [-0.2, 0) is 13.1 Å². The first-order chi connectivity index (χ1) is 12.0. The molecule has 1 fully saturated rings. The van der Waals surface area contributed by atoms with Gasteiger partial charge in [-0.15, -0.1) is 0 Å². The summed E-state index contributed by atoms with van der Waals surface area (Å²) < 4.78 is 8.09. The van der Waals surface area contributed by atoms with E-state index in [9.17, 15) is 9.90 Å². The van der Waals surface area contributed by atoms with E-state index in [1.54, 1.807) is 19.2 Å². The zero-order chi connectivity index (χ0) is 17.6. The van der Waals surface area contributed by atoms with Gasteiger partial charge < -0.3 is 14.4 Å². The number of benzene rings is 1. The molecule has 2 aliphatic rings. The van der Waals surface area contributed by atoms with Crippen LogP contribution in [0.15, 0.2) is 39.6 Å². The lowest BCUT2D eigenvalue weighted by molar-refractivity contribution is 0.113. The van der Waals surface area contributed by atoms with E-state index in [1.165, 1.54) is 0 Å². The molecule has 2 aliphatic heterocycles. The van der Waals surface area contributed by atoms with E-state index in [0.29, 0.717) is 24.1 Å². The molecule has 0 saturated carbocycles. The summed E-state index contributed by atoms with van der Waals surface area (Å²) >= 11 is 3.48. The van der Waals surface area contributed by atoms with Gasteiger partial charge in [-0.25, -0.2) is 0 Å². The fourth-order valence-electron chi connectivity index (χ4n) is 4.27. The maximum absolute atomic E-state index is 12.1. The van der Waals surface area contributed by atoms with Crippen LogP contribution in [-0.4, -0.2) is 34.8 Å². The molecule has 4 rings (SSSR count). The van der Waals surface area contributed by atoms with Crippen LogP contribution in [0.2, 0.25) is 0 Å². The molecule has 1 aromatic heterocycles. The van der Waals surface area contributed by atoms with Crippen molar-refractivity contribution >= 4 is 15.9 Å². The minimum Gasteiger partial charge on any atom is -0.504 e. The van der Waals surface area contributed by atoms with Gasteiger partial charge in [0.05, 0.1) is 7.11 Å². The number of ether oxygens (including phenoxy) is 1. The van der Waals surface area contributed by atoms with Crippen molar-refractivity contribution in [2.45, 2.75) is 25.4 Å². The van der Waals surface area contributed by atoms with E-state index in [0.717, 1.165) is 41.8 Å². The minimum atomic E-state index is 0.107. The Morgan fingerprint density at radius 3 is 2.92 bits per heavy atom. The third-order valence-corrected chi connectivity index (χ3v) is 5.75. The van der Waals surface area contributed by atoms with Gasteiger partial charge in [0.25, 0.3) is 5.56 Å². The van der Waals surface area contributed by atoms with Gasteiger partial charge in [-0.2, -0.15) is 0 Å². The third kappa shape index (κ3) is 3.09. The Bertz CT molecular complexity index is 864. The molecule has 0 spiro atoms. The minimum absolute atomic E-state index is 0.107. The molecular formula is C19H21BrN2O3. The summed E-state index contributed by atoms with van der Waals surface area (Å²) in [5.41, 5.74) is 2.11. The van der Waals surface area contributed by atoms with Gasteiger partial charge in [-0.05, 0) is 30.5 Å². The van der Waals surface area contributed by atoms with Crippen molar-refractivity contribution in [3.05, 3.63) is 56.4 Å². The zero-order valence-electron chi connectivity index (χ0n) is 14.1. The summed E-state index contributed by atoms with van der Waals surface area (Å²) in [5.74, 6) is 1.54. The summed E-state index contributed by atoms with van der Waals surface area (Å²) in [7, 11) is 1.56. The Morgan fingerprint density at radius 1 is 1.28 bits per heavy atom. The second-order valence-electron chi connectivity index (χ2n) is 7.01. The number of piperidine rings is 1. The number of phenolic OH excluding ortho intramolecular Hbond substituents is 1. The maximum atomic E-state index is 12.1. The Kier molecular flexibility index (Phi) is 4.33. The van der Waals surface area contributed by atoms with Crippen LogP contribution in [0.25, 0.3) is 0 Å². The van der Waals surface area contributed by atoms with Gasteiger partial charge in [-0.3, -0.25) is 9.69 Å². The zero-order valence-corrected chi connectivity index (χ0v) is 15.7. The largest absolute Gasteiger partial charge is 0.504 e. The van der Waals surface area contributed by atoms with Crippen LogP contribution in [0.4, 0.5) is 0 Å². The van der Waals surface area contributed by atoms with E-state index >= 15 is 0 Å². The molecule has 2 bridgehead atoms. The number of hydrogen-bond donors (Lipinski definition) is 1. The molecule has 2 unspecified atom stereocenters. The molecule has 1 saturated heterocycles. The summed E-state index contributed by atoms with van der Waals surface area (Å²) in [6, 6.07) is 9.30. The molecule has 2 aromatic rings. The monoisotopic (exact) mass is 404 g/mol. The number of hydrogen-bond acceptors (Lipinski definition) is 4. The lowest BCUT2D eigenvalue weighted by Gasteiger charge is -2.42. The van der Waals surface area contributed by atoms with Crippen molar-refractivity contribution in [3.8, 4) is 11.5 Å². The van der Waals surface area contributed by atoms with Crippen molar-refractivity contribution in [2.24, 2.45) is 5.92 Å². The number of likely N-dealkylation sites (tertiary alicyclic amines) is 1. The van der Waals surface area contributed by atoms with Crippen molar-refractivity contribution in [1.82, 2.24) is 9.47 Å². The maximum Gasteiger partial charge on any atom is 0.250 e. The Labute approximate surface area is 155 Å². The molecule has 0 aliphatic carbocycles. The van der Waals surface area contributed by atoms with Crippen LogP contribution in [0.3, 0.4) is 0 Å². The van der Waals surface area contributed by atoms with Crippen molar-refractivity contribution in [1.29, 1.82) is 0 Å². The molecule has 2 atom stereocenters. The molecule has 25 heavy (non-hydrogen) atoms. The molecule has 6 heteroatoms. The average Bonchev–Trinajstić information content (AvgIpc) is 2.59. The van der Waals surface area contributed by atoms with E-state index in [-0.39, 0.29) is 11.3 Å². The molecule has 1 aromatic carbocycles. The molecular weight excluding hydrogens is 384 g/mol. The normalized spacial score (nSPS) is 22.5. The Hall–Kier alpha value is -1.79. The van der Waals surface area contributed by atoms with Crippen molar-refractivity contribution in [2.75, 3.05) is 20.2 Å². The highest BCUT2D eigenvalue weighted by Crippen LogP contribution is 2.38. The quantitative estimate of drug-likeness (QED) is 0.854. The summed E-state index contributed by atoms with van der Waals surface area (Å²) in [5, 5.41) is 10.4. The number of phenols is 1. The van der Waals surface area contributed by atoms with Gasteiger partial charge in [0, 0.05) is 53.9 Å². The molecule has 5 nitrogen and oxygen atoms in total. The van der Waals surface area contributed by atoms with Crippen LogP contribution >= 0.6 is 15.9 Å². The highest BCUT2D eigenvalue weighted by Gasteiger charge is 2.34. The van der Waals surface area contributed by atoms with Gasteiger partial charge in [0.1, 0.15) is 0 Å².